The van der Waals surface area contributed by atoms with Crippen molar-refractivity contribution in [1.82, 2.24) is 15.1 Å². The molecule has 1 amide bonds. The van der Waals surface area contributed by atoms with E-state index in [0.717, 1.165) is 35.4 Å². The van der Waals surface area contributed by atoms with Gasteiger partial charge in [0, 0.05) is 25.3 Å². The number of carbonyl (C=O) groups excluding carboxylic acids is 1. The molecule has 6 nitrogen and oxygen atoms in total. The maximum Gasteiger partial charge on any atom is 0.272 e. The largest absolute Gasteiger partial charge is 0.488 e. The molecule has 1 aliphatic carbocycles. The number of hydrogen-bond donors (Lipinski definition) is 1. The summed E-state index contributed by atoms with van der Waals surface area (Å²) in [7, 11) is 1.66. The summed E-state index contributed by atoms with van der Waals surface area (Å²) >= 11 is 0. The standard InChI is InChI=1S/C24H27N3O3/c1-17(16-29-2)30-21-10-6-7-18(13-21)15-27(20-11-12-20)24(28)23-14-22(25-26-23)19-8-4-3-5-9-19/h3-10,13-14,17,20H,11-12,15-16H2,1-2H3,(H,25,26)/t17-/m1/s1. The van der Waals surface area contributed by atoms with Gasteiger partial charge in [-0.05, 0) is 43.5 Å². The quantitative estimate of drug-likeness (QED) is 0.577. The van der Waals surface area contributed by atoms with E-state index in [0.29, 0.717) is 18.8 Å². The fourth-order valence-electron chi connectivity index (χ4n) is 3.51. The van der Waals surface area contributed by atoms with E-state index in [4.69, 9.17) is 9.47 Å². The minimum Gasteiger partial charge on any atom is -0.488 e. The number of aromatic nitrogens is 2. The Morgan fingerprint density at radius 2 is 1.97 bits per heavy atom. The number of aromatic amines is 1. The van der Waals surface area contributed by atoms with Crippen LogP contribution in [-0.2, 0) is 11.3 Å². The topological polar surface area (TPSA) is 67.5 Å². The molecule has 0 bridgehead atoms. The van der Waals surface area contributed by atoms with Gasteiger partial charge in [-0.2, -0.15) is 5.10 Å². The summed E-state index contributed by atoms with van der Waals surface area (Å²) in [5.74, 6) is 0.763. The molecule has 1 saturated carbocycles. The van der Waals surface area contributed by atoms with Gasteiger partial charge in [0.15, 0.2) is 0 Å². The van der Waals surface area contributed by atoms with E-state index in [1.165, 1.54) is 0 Å². The minimum atomic E-state index is -0.0344. The predicted octanol–water partition coefficient (Wildman–Crippen LogP) is 4.30. The number of nitrogens with zero attached hydrogens (tertiary/aromatic N) is 2. The molecule has 2 aromatic carbocycles. The molecule has 1 fully saturated rings. The number of hydrogen-bond acceptors (Lipinski definition) is 4. The maximum atomic E-state index is 13.2. The predicted molar refractivity (Wildman–Crippen MR) is 115 cm³/mol. The number of nitrogens with one attached hydrogen (secondary N) is 1. The van der Waals surface area contributed by atoms with Gasteiger partial charge >= 0.3 is 0 Å². The van der Waals surface area contributed by atoms with Crippen molar-refractivity contribution in [2.45, 2.75) is 38.5 Å². The monoisotopic (exact) mass is 405 g/mol. The van der Waals surface area contributed by atoms with E-state index >= 15 is 0 Å². The lowest BCUT2D eigenvalue weighted by atomic mass is 10.1. The number of carbonyl (C=O) groups is 1. The highest BCUT2D eigenvalue weighted by atomic mass is 16.5. The van der Waals surface area contributed by atoms with Crippen molar-refractivity contribution in [3.8, 4) is 17.0 Å². The van der Waals surface area contributed by atoms with Gasteiger partial charge < -0.3 is 14.4 Å². The molecule has 6 heteroatoms. The van der Waals surface area contributed by atoms with E-state index in [-0.39, 0.29) is 18.1 Å². The first kappa shape index (κ1) is 20.2. The number of rotatable bonds is 9. The molecule has 1 N–H and O–H groups in total. The lowest BCUT2D eigenvalue weighted by molar-refractivity contribution is 0.0723. The second kappa shape index (κ2) is 9.13. The van der Waals surface area contributed by atoms with Crippen LogP contribution in [0.2, 0.25) is 0 Å². The van der Waals surface area contributed by atoms with Crippen molar-refractivity contribution in [1.29, 1.82) is 0 Å². The lowest BCUT2D eigenvalue weighted by Crippen LogP contribution is -2.32. The molecule has 0 unspecified atom stereocenters. The molecule has 1 aliphatic rings. The molecule has 0 spiro atoms. The van der Waals surface area contributed by atoms with E-state index < -0.39 is 0 Å². The maximum absolute atomic E-state index is 13.2. The molecule has 4 rings (SSSR count). The third-order valence-electron chi connectivity index (χ3n) is 5.12. The Kier molecular flexibility index (Phi) is 6.14. The number of amides is 1. The van der Waals surface area contributed by atoms with Crippen LogP contribution in [0.25, 0.3) is 11.3 Å². The Labute approximate surface area is 176 Å². The molecule has 30 heavy (non-hydrogen) atoms. The van der Waals surface area contributed by atoms with E-state index in [9.17, 15) is 4.79 Å². The zero-order valence-corrected chi connectivity index (χ0v) is 17.4. The summed E-state index contributed by atoms with van der Waals surface area (Å²) in [5.41, 5.74) is 3.32. The Morgan fingerprint density at radius 3 is 2.70 bits per heavy atom. The lowest BCUT2D eigenvalue weighted by Gasteiger charge is -2.22. The number of ether oxygens (including phenoxy) is 2. The SMILES string of the molecule is COC[C@@H](C)Oc1cccc(CN(C(=O)c2cc(-c3ccccc3)n[nH]2)C2CC2)c1. The molecule has 1 aromatic heterocycles. The van der Waals surface area contributed by atoms with Crippen LogP contribution in [0.3, 0.4) is 0 Å². The van der Waals surface area contributed by atoms with Crippen molar-refractivity contribution in [3.63, 3.8) is 0 Å². The van der Waals surface area contributed by atoms with Crippen LogP contribution in [-0.4, -0.2) is 46.9 Å². The molecule has 0 saturated heterocycles. The van der Waals surface area contributed by atoms with Crippen LogP contribution >= 0.6 is 0 Å². The normalized spacial score (nSPS) is 14.3. The van der Waals surface area contributed by atoms with Crippen molar-refractivity contribution in [2.75, 3.05) is 13.7 Å². The van der Waals surface area contributed by atoms with Gasteiger partial charge in [0.05, 0.1) is 12.3 Å². The van der Waals surface area contributed by atoms with Gasteiger partial charge in [0.1, 0.15) is 17.5 Å². The highest BCUT2D eigenvalue weighted by Crippen LogP contribution is 2.31. The minimum absolute atomic E-state index is 0.0220. The first-order valence-corrected chi connectivity index (χ1v) is 10.3. The van der Waals surface area contributed by atoms with Gasteiger partial charge in [-0.15, -0.1) is 0 Å². The average Bonchev–Trinajstić information content (AvgIpc) is 3.48. The summed E-state index contributed by atoms with van der Waals surface area (Å²) in [6.45, 7) is 3.04. The van der Waals surface area contributed by atoms with Crippen LogP contribution in [0.1, 0.15) is 35.8 Å². The van der Waals surface area contributed by atoms with Gasteiger partial charge in [-0.25, -0.2) is 0 Å². The fraction of sp³-hybridized carbons (Fsp3) is 0.333. The molecule has 1 atom stereocenters. The molecule has 1 heterocycles. The highest BCUT2D eigenvalue weighted by molar-refractivity contribution is 5.93. The number of H-pyrrole nitrogens is 1. The molecular formula is C24H27N3O3. The van der Waals surface area contributed by atoms with Crippen molar-refractivity contribution in [2.24, 2.45) is 0 Å². The number of methoxy groups -OCH3 is 1. The van der Waals surface area contributed by atoms with E-state index in [1.54, 1.807) is 7.11 Å². The first-order valence-electron chi connectivity index (χ1n) is 10.3. The molecular weight excluding hydrogens is 378 g/mol. The average molecular weight is 405 g/mol. The van der Waals surface area contributed by atoms with Crippen molar-refractivity contribution < 1.29 is 14.3 Å². The first-order chi connectivity index (χ1) is 14.6. The third-order valence-corrected chi connectivity index (χ3v) is 5.12. The zero-order valence-electron chi connectivity index (χ0n) is 17.4. The Balaban J connectivity index is 1.48. The Morgan fingerprint density at radius 1 is 1.17 bits per heavy atom. The second-order valence-corrected chi connectivity index (χ2v) is 7.73. The fourth-order valence-corrected chi connectivity index (χ4v) is 3.51. The summed E-state index contributed by atoms with van der Waals surface area (Å²) in [6.07, 6.45) is 2.03. The summed E-state index contributed by atoms with van der Waals surface area (Å²) < 4.78 is 11.0. The molecule has 3 aromatic rings. The molecule has 156 valence electrons. The van der Waals surface area contributed by atoms with Gasteiger partial charge in [-0.3, -0.25) is 9.89 Å². The number of benzene rings is 2. The molecule has 0 radical (unpaired) electrons. The third kappa shape index (κ3) is 4.89. The summed E-state index contributed by atoms with van der Waals surface area (Å²) in [6, 6.07) is 19.9. The summed E-state index contributed by atoms with van der Waals surface area (Å²) in [4.78, 5) is 15.2. The van der Waals surface area contributed by atoms with Gasteiger partial charge in [0.2, 0.25) is 0 Å². The molecule has 0 aliphatic heterocycles. The van der Waals surface area contributed by atoms with Crippen LogP contribution in [0.4, 0.5) is 0 Å². The van der Waals surface area contributed by atoms with E-state index in [2.05, 4.69) is 10.2 Å². The Bertz CT molecular complexity index is 982. The summed E-state index contributed by atoms with van der Waals surface area (Å²) in [5, 5.41) is 7.26. The van der Waals surface area contributed by atoms with Gasteiger partial charge in [0.25, 0.3) is 5.91 Å². The smallest absolute Gasteiger partial charge is 0.272 e. The Hall–Kier alpha value is -3.12. The van der Waals surface area contributed by atoms with Crippen LogP contribution in [0.5, 0.6) is 5.75 Å². The van der Waals surface area contributed by atoms with Crippen molar-refractivity contribution in [3.05, 3.63) is 71.9 Å². The highest BCUT2D eigenvalue weighted by Gasteiger charge is 2.34. The second-order valence-electron chi connectivity index (χ2n) is 7.73. The zero-order chi connectivity index (χ0) is 20.9. The van der Waals surface area contributed by atoms with Crippen molar-refractivity contribution >= 4 is 5.91 Å². The van der Waals surface area contributed by atoms with Crippen LogP contribution < -0.4 is 4.74 Å². The van der Waals surface area contributed by atoms with Gasteiger partial charge in [-0.1, -0.05) is 42.5 Å². The van der Waals surface area contributed by atoms with Crippen LogP contribution in [0.15, 0.2) is 60.7 Å². The van der Waals surface area contributed by atoms with Crippen LogP contribution in [0, 0.1) is 0 Å². The van der Waals surface area contributed by atoms with E-state index in [1.807, 2.05) is 72.5 Å².